The van der Waals surface area contributed by atoms with E-state index in [1.807, 2.05) is 12.1 Å². The van der Waals surface area contributed by atoms with Crippen LogP contribution in [0.5, 0.6) is 0 Å². The summed E-state index contributed by atoms with van der Waals surface area (Å²) >= 11 is 0. The van der Waals surface area contributed by atoms with Crippen LogP contribution < -0.4 is 0 Å². The highest BCUT2D eigenvalue weighted by atomic mass is 16.5. The van der Waals surface area contributed by atoms with Crippen LogP contribution in [0.25, 0.3) is 0 Å². The van der Waals surface area contributed by atoms with E-state index in [1.165, 1.54) is 11.1 Å². The van der Waals surface area contributed by atoms with Crippen LogP contribution in [0.1, 0.15) is 65.4 Å². The van der Waals surface area contributed by atoms with Crippen LogP contribution in [0.2, 0.25) is 0 Å². The minimum absolute atomic E-state index is 0.0129. The molecule has 6 nitrogen and oxygen atoms in total. The SMILES string of the molecule is CCc1ccc(Cc2cc([C@@H]3O[C@H](CO)[C@@H](O)[C@H](O)[C@H]3O)cc(C3CCCO3)c2C)cc1. The van der Waals surface area contributed by atoms with Gasteiger partial charge in [0.15, 0.2) is 0 Å². The van der Waals surface area contributed by atoms with Crippen molar-refractivity contribution in [1.82, 2.24) is 0 Å². The quantitative estimate of drug-likeness (QED) is 0.549. The molecule has 6 atom stereocenters. The van der Waals surface area contributed by atoms with Crippen molar-refractivity contribution >= 4 is 0 Å². The third kappa shape index (κ3) is 4.62. The zero-order valence-electron chi connectivity index (χ0n) is 18.8. The number of ether oxygens (including phenoxy) is 2. The van der Waals surface area contributed by atoms with Gasteiger partial charge in [0, 0.05) is 6.61 Å². The molecule has 2 fully saturated rings. The number of rotatable bonds is 6. The van der Waals surface area contributed by atoms with Crippen molar-refractivity contribution < 1.29 is 29.9 Å². The first-order valence-electron chi connectivity index (χ1n) is 11.6. The van der Waals surface area contributed by atoms with Crippen LogP contribution in [0.3, 0.4) is 0 Å². The summed E-state index contributed by atoms with van der Waals surface area (Å²) in [4.78, 5) is 0. The van der Waals surface area contributed by atoms with Crippen LogP contribution in [-0.4, -0.2) is 58.1 Å². The van der Waals surface area contributed by atoms with Gasteiger partial charge in [0.05, 0.1) is 12.7 Å². The van der Waals surface area contributed by atoms with Crippen LogP contribution in [0.15, 0.2) is 36.4 Å². The first-order valence-corrected chi connectivity index (χ1v) is 11.6. The number of aliphatic hydroxyl groups excluding tert-OH is 4. The maximum Gasteiger partial charge on any atom is 0.113 e. The monoisotopic (exact) mass is 442 g/mol. The Morgan fingerprint density at radius 3 is 2.31 bits per heavy atom. The molecular weight excluding hydrogens is 408 g/mol. The largest absolute Gasteiger partial charge is 0.394 e. The highest BCUT2D eigenvalue weighted by molar-refractivity contribution is 5.44. The highest BCUT2D eigenvalue weighted by Gasteiger charge is 2.44. The lowest BCUT2D eigenvalue weighted by molar-refractivity contribution is -0.231. The predicted molar refractivity (Wildman–Crippen MR) is 120 cm³/mol. The second kappa shape index (κ2) is 10.00. The molecule has 32 heavy (non-hydrogen) atoms. The minimum Gasteiger partial charge on any atom is -0.394 e. The van der Waals surface area contributed by atoms with Crippen LogP contribution in [0, 0.1) is 6.92 Å². The first kappa shape index (κ1) is 23.4. The molecule has 4 N–H and O–H groups in total. The number of benzene rings is 2. The molecule has 6 heteroatoms. The second-order valence-corrected chi connectivity index (χ2v) is 8.99. The van der Waals surface area contributed by atoms with Gasteiger partial charge in [0.1, 0.15) is 30.5 Å². The normalized spacial score (nSPS) is 30.6. The topological polar surface area (TPSA) is 99.4 Å². The fraction of sp³-hybridized carbons (Fsp3) is 0.538. The molecule has 0 spiro atoms. The Bertz CT molecular complexity index is 903. The van der Waals surface area contributed by atoms with E-state index in [2.05, 4.69) is 38.1 Å². The van der Waals surface area contributed by atoms with E-state index in [9.17, 15) is 20.4 Å². The maximum absolute atomic E-state index is 10.7. The summed E-state index contributed by atoms with van der Waals surface area (Å²) < 4.78 is 11.8. The van der Waals surface area contributed by atoms with E-state index in [0.29, 0.717) is 0 Å². The van der Waals surface area contributed by atoms with Crippen molar-refractivity contribution in [2.45, 2.75) is 76.2 Å². The summed E-state index contributed by atoms with van der Waals surface area (Å²) in [6.07, 6.45) is -2.22. The Labute approximate surface area is 189 Å². The van der Waals surface area contributed by atoms with E-state index in [4.69, 9.17) is 9.47 Å². The summed E-state index contributed by atoms with van der Waals surface area (Å²) in [5, 5.41) is 40.8. The Balaban J connectivity index is 1.72. The molecule has 4 rings (SSSR count). The van der Waals surface area contributed by atoms with Gasteiger partial charge in [-0.2, -0.15) is 0 Å². The Morgan fingerprint density at radius 1 is 0.969 bits per heavy atom. The lowest BCUT2D eigenvalue weighted by Crippen LogP contribution is -2.55. The molecule has 0 amide bonds. The molecule has 0 saturated carbocycles. The van der Waals surface area contributed by atoms with Crippen LogP contribution in [-0.2, 0) is 22.3 Å². The molecule has 2 aliphatic heterocycles. The van der Waals surface area contributed by atoms with Crippen molar-refractivity contribution in [1.29, 1.82) is 0 Å². The van der Waals surface area contributed by atoms with Crippen molar-refractivity contribution in [3.63, 3.8) is 0 Å². The predicted octanol–water partition coefficient (Wildman–Crippen LogP) is 2.51. The molecular formula is C26H34O6. The molecule has 0 radical (unpaired) electrons. The molecule has 2 aromatic carbocycles. The zero-order chi connectivity index (χ0) is 22.8. The van der Waals surface area contributed by atoms with Gasteiger partial charge < -0.3 is 29.9 Å². The fourth-order valence-electron chi connectivity index (χ4n) is 4.82. The Hall–Kier alpha value is -1.80. The van der Waals surface area contributed by atoms with Crippen molar-refractivity contribution in [2.75, 3.05) is 13.2 Å². The zero-order valence-corrected chi connectivity index (χ0v) is 18.8. The van der Waals surface area contributed by atoms with Crippen molar-refractivity contribution in [3.8, 4) is 0 Å². The Morgan fingerprint density at radius 2 is 1.69 bits per heavy atom. The van der Waals surface area contributed by atoms with Crippen molar-refractivity contribution in [2.24, 2.45) is 0 Å². The number of aliphatic hydroxyl groups is 4. The van der Waals surface area contributed by atoms with E-state index in [0.717, 1.165) is 54.5 Å². The number of aryl methyl sites for hydroxylation is 1. The fourth-order valence-corrected chi connectivity index (χ4v) is 4.82. The van der Waals surface area contributed by atoms with Gasteiger partial charge in [0.2, 0.25) is 0 Å². The number of hydrogen-bond acceptors (Lipinski definition) is 6. The van der Waals surface area contributed by atoms with E-state index in [-0.39, 0.29) is 6.10 Å². The smallest absolute Gasteiger partial charge is 0.113 e. The summed E-state index contributed by atoms with van der Waals surface area (Å²) in [5.41, 5.74) is 6.53. The molecule has 0 bridgehead atoms. The highest BCUT2D eigenvalue weighted by Crippen LogP contribution is 2.38. The molecule has 2 heterocycles. The van der Waals surface area contributed by atoms with E-state index >= 15 is 0 Å². The summed E-state index contributed by atoms with van der Waals surface area (Å²) in [7, 11) is 0. The minimum atomic E-state index is -1.40. The molecule has 2 saturated heterocycles. The third-order valence-corrected chi connectivity index (χ3v) is 6.90. The van der Waals surface area contributed by atoms with Gasteiger partial charge in [-0.25, -0.2) is 0 Å². The second-order valence-electron chi connectivity index (χ2n) is 8.99. The molecule has 1 unspecified atom stereocenters. The molecule has 2 aromatic rings. The van der Waals surface area contributed by atoms with Crippen LogP contribution in [0.4, 0.5) is 0 Å². The van der Waals surface area contributed by atoms with Gasteiger partial charge in [0.25, 0.3) is 0 Å². The first-order chi connectivity index (χ1) is 15.4. The van der Waals surface area contributed by atoms with E-state index < -0.39 is 37.1 Å². The van der Waals surface area contributed by atoms with Crippen molar-refractivity contribution in [3.05, 3.63) is 69.8 Å². The molecule has 2 aliphatic rings. The number of hydrogen-bond donors (Lipinski definition) is 4. The maximum atomic E-state index is 10.7. The standard InChI is InChI=1S/C26H34O6/c1-3-16-6-8-17(9-7-16)11-18-12-19(13-20(15(18)2)21-5-4-10-31-21)26-25(30)24(29)23(28)22(14-27)32-26/h6-9,12-13,21-30H,3-5,10-11,14H2,1-2H3/t21?,22-,23-,24+,25-,26+/m1/s1. The van der Waals surface area contributed by atoms with Gasteiger partial charge in [-0.3, -0.25) is 0 Å². The van der Waals surface area contributed by atoms with Gasteiger partial charge in [-0.15, -0.1) is 0 Å². The van der Waals surface area contributed by atoms with Gasteiger partial charge in [-0.05, 0) is 66.0 Å². The molecule has 0 aromatic heterocycles. The van der Waals surface area contributed by atoms with E-state index in [1.54, 1.807) is 0 Å². The average Bonchev–Trinajstić information content (AvgIpc) is 3.34. The molecule has 174 valence electrons. The Kier molecular flexibility index (Phi) is 7.30. The summed E-state index contributed by atoms with van der Waals surface area (Å²) in [6.45, 7) is 4.52. The lowest BCUT2D eigenvalue weighted by atomic mass is 9.85. The van der Waals surface area contributed by atoms with Crippen LogP contribution >= 0.6 is 0 Å². The average molecular weight is 443 g/mol. The summed E-state index contributed by atoms with van der Waals surface area (Å²) in [5.74, 6) is 0. The molecule has 0 aliphatic carbocycles. The third-order valence-electron chi connectivity index (χ3n) is 6.90. The van der Waals surface area contributed by atoms with Gasteiger partial charge in [-0.1, -0.05) is 43.3 Å². The van der Waals surface area contributed by atoms with Gasteiger partial charge >= 0.3 is 0 Å². The lowest BCUT2D eigenvalue weighted by Gasteiger charge is -2.40. The summed E-state index contributed by atoms with van der Waals surface area (Å²) in [6, 6.07) is 12.6.